The molecule has 0 atom stereocenters. The van der Waals surface area contributed by atoms with E-state index in [2.05, 4.69) is 4.72 Å². The minimum atomic E-state index is -3.51. The van der Waals surface area contributed by atoms with E-state index in [1.165, 1.54) is 0 Å². The van der Waals surface area contributed by atoms with Crippen LogP contribution in [0, 0.1) is 20.8 Å². The number of ether oxygens (including phenoxy) is 1. The highest BCUT2D eigenvalue weighted by Crippen LogP contribution is 2.16. The first-order chi connectivity index (χ1) is 10.4. The van der Waals surface area contributed by atoms with Crippen molar-refractivity contribution in [2.75, 3.05) is 13.2 Å². The zero-order valence-corrected chi connectivity index (χ0v) is 13.9. The van der Waals surface area contributed by atoms with Crippen molar-refractivity contribution >= 4 is 10.0 Å². The first-order valence-corrected chi connectivity index (χ1v) is 8.63. The van der Waals surface area contributed by atoms with Gasteiger partial charge in [0.15, 0.2) is 0 Å². The van der Waals surface area contributed by atoms with Gasteiger partial charge in [-0.3, -0.25) is 0 Å². The lowest BCUT2D eigenvalue weighted by Crippen LogP contribution is -2.28. The molecular formula is C17H21NO3S. The van der Waals surface area contributed by atoms with Crippen LogP contribution < -0.4 is 9.46 Å². The molecule has 2 aromatic rings. The Labute approximate surface area is 132 Å². The van der Waals surface area contributed by atoms with Gasteiger partial charge in [-0.1, -0.05) is 24.3 Å². The molecule has 2 rings (SSSR count). The maximum Gasteiger partial charge on any atom is 0.240 e. The molecule has 0 aliphatic carbocycles. The molecule has 0 aliphatic heterocycles. The van der Waals surface area contributed by atoms with E-state index in [0.29, 0.717) is 4.90 Å². The van der Waals surface area contributed by atoms with Crippen LogP contribution in [0.15, 0.2) is 47.4 Å². The fourth-order valence-electron chi connectivity index (χ4n) is 2.12. The Hall–Kier alpha value is -1.85. The van der Waals surface area contributed by atoms with Gasteiger partial charge in [-0.2, -0.15) is 0 Å². The van der Waals surface area contributed by atoms with Crippen LogP contribution in [0.1, 0.15) is 16.7 Å². The zero-order valence-electron chi connectivity index (χ0n) is 13.1. The molecule has 0 saturated heterocycles. The summed E-state index contributed by atoms with van der Waals surface area (Å²) in [7, 11) is -3.51. The molecule has 0 spiro atoms. The summed E-state index contributed by atoms with van der Waals surface area (Å²) in [4.78, 5) is 0.322. The van der Waals surface area contributed by atoms with E-state index in [1.54, 1.807) is 13.0 Å². The van der Waals surface area contributed by atoms with Gasteiger partial charge < -0.3 is 4.74 Å². The topological polar surface area (TPSA) is 55.4 Å². The molecule has 1 N–H and O–H groups in total. The van der Waals surface area contributed by atoms with Gasteiger partial charge in [0.2, 0.25) is 10.0 Å². The van der Waals surface area contributed by atoms with Crippen LogP contribution >= 0.6 is 0 Å². The number of aryl methyl sites for hydroxylation is 3. The van der Waals surface area contributed by atoms with E-state index in [-0.39, 0.29) is 13.2 Å². The Morgan fingerprint density at radius 2 is 1.73 bits per heavy atom. The maximum absolute atomic E-state index is 12.3. The van der Waals surface area contributed by atoms with Crippen LogP contribution in [-0.2, 0) is 10.0 Å². The molecule has 0 aliphatic rings. The number of rotatable bonds is 6. The van der Waals surface area contributed by atoms with Crippen molar-refractivity contribution in [3.63, 3.8) is 0 Å². The van der Waals surface area contributed by atoms with Gasteiger partial charge in [-0.05, 0) is 55.7 Å². The molecule has 0 bridgehead atoms. The third kappa shape index (κ3) is 4.32. The maximum atomic E-state index is 12.3. The number of benzene rings is 2. The Balaban J connectivity index is 1.94. The molecule has 5 heteroatoms. The lowest BCUT2D eigenvalue weighted by atomic mass is 10.2. The van der Waals surface area contributed by atoms with E-state index >= 15 is 0 Å². The monoisotopic (exact) mass is 319 g/mol. The molecular weight excluding hydrogens is 298 g/mol. The molecule has 22 heavy (non-hydrogen) atoms. The molecule has 2 aromatic carbocycles. The second-order valence-electron chi connectivity index (χ2n) is 5.33. The predicted octanol–water partition coefficient (Wildman–Crippen LogP) is 2.97. The molecule has 0 radical (unpaired) electrons. The largest absolute Gasteiger partial charge is 0.492 e. The van der Waals surface area contributed by atoms with Crippen LogP contribution in [0.5, 0.6) is 5.75 Å². The van der Waals surface area contributed by atoms with Gasteiger partial charge in [0.25, 0.3) is 0 Å². The molecule has 0 unspecified atom stereocenters. The number of hydrogen-bond acceptors (Lipinski definition) is 3. The van der Waals surface area contributed by atoms with Crippen molar-refractivity contribution in [2.24, 2.45) is 0 Å². The Kier molecular flexibility index (Phi) is 5.21. The Morgan fingerprint density at radius 3 is 2.45 bits per heavy atom. The smallest absolute Gasteiger partial charge is 0.240 e. The van der Waals surface area contributed by atoms with E-state index in [9.17, 15) is 8.42 Å². The Bertz CT molecular complexity index is 754. The lowest BCUT2D eigenvalue weighted by molar-refractivity contribution is 0.322. The third-order valence-electron chi connectivity index (χ3n) is 3.29. The predicted molar refractivity (Wildman–Crippen MR) is 87.8 cm³/mol. The second-order valence-corrected chi connectivity index (χ2v) is 7.07. The van der Waals surface area contributed by atoms with Gasteiger partial charge in [-0.25, -0.2) is 13.1 Å². The van der Waals surface area contributed by atoms with Gasteiger partial charge >= 0.3 is 0 Å². The summed E-state index contributed by atoms with van der Waals surface area (Å²) in [6, 6.07) is 13.0. The van der Waals surface area contributed by atoms with Crippen LogP contribution in [0.3, 0.4) is 0 Å². The average Bonchev–Trinajstić information content (AvgIpc) is 2.46. The van der Waals surface area contributed by atoms with Gasteiger partial charge in [0.05, 0.1) is 4.90 Å². The van der Waals surface area contributed by atoms with E-state index in [4.69, 9.17) is 4.74 Å². The minimum absolute atomic E-state index is 0.226. The third-order valence-corrected chi connectivity index (χ3v) is 4.89. The van der Waals surface area contributed by atoms with Crippen molar-refractivity contribution in [1.29, 1.82) is 0 Å². The van der Waals surface area contributed by atoms with Crippen LogP contribution in [-0.4, -0.2) is 21.6 Å². The molecule has 0 fully saturated rings. The average molecular weight is 319 g/mol. The van der Waals surface area contributed by atoms with Crippen LogP contribution in [0.25, 0.3) is 0 Å². The molecule has 118 valence electrons. The molecule has 0 saturated carbocycles. The molecule has 0 aromatic heterocycles. The summed E-state index contributed by atoms with van der Waals surface area (Å²) in [5.41, 5.74) is 2.76. The highest BCUT2D eigenvalue weighted by Gasteiger charge is 2.16. The summed E-state index contributed by atoms with van der Waals surface area (Å²) >= 11 is 0. The fraction of sp³-hybridized carbons (Fsp3) is 0.294. The lowest BCUT2D eigenvalue weighted by Gasteiger charge is -2.11. The van der Waals surface area contributed by atoms with Crippen LogP contribution in [0.2, 0.25) is 0 Å². The van der Waals surface area contributed by atoms with E-state index < -0.39 is 10.0 Å². The zero-order chi connectivity index (χ0) is 16.2. The highest BCUT2D eigenvalue weighted by molar-refractivity contribution is 7.89. The number of nitrogens with one attached hydrogen (secondary N) is 1. The molecule has 0 heterocycles. The summed E-state index contributed by atoms with van der Waals surface area (Å²) < 4.78 is 32.7. The van der Waals surface area contributed by atoms with Gasteiger partial charge in [0.1, 0.15) is 12.4 Å². The van der Waals surface area contributed by atoms with Crippen molar-refractivity contribution in [1.82, 2.24) is 4.72 Å². The normalized spacial score (nSPS) is 11.4. The second kappa shape index (κ2) is 6.94. The molecule has 0 amide bonds. The standard InChI is InChI=1S/C17H21NO3S/c1-13-5-4-6-16(11-13)21-10-9-18-22(19,20)17-12-14(2)7-8-15(17)3/h4-8,11-12,18H,9-10H2,1-3H3. The molecule has 4 nitrogen and oxygen atoms in total. The van der Waals surface area contributed by atoms with Crippen molar-refractivity contribution in [2.45, 2.75) is 25.7 Å². The van der Waals surface area contributed by atoms with Crippen molar-refractivity contribution in [3.05, 3.63) is 59.2 Å². The van der Waals surface area contributed by atoms with E-state index in [1.807, 2.05) is 50.2 Å². The minimum Gasteiger partial charge on any atom is -0.492 e. The number of sulfonamides is 1. The van der Waals surface area contributed by atoms with Crippen molar-refractivity contribution in [3.8, 4) is 5.75 Å². The summed E-state index contributed by atoms with van der Waals surface area (Å²) in [5.74, 6) is 0.742. The fourth-order valence-corrected chi connectivity index (χ4v) is 3.47. The highest BCUT2D eigenvalue weighted by atomic mass is 32.2. The first kappa shape index (κ1) is 16.5. The van der Waals surface area contributed by atoms with E-state index in [0.717, 1.165) is 22.4 Å². The SMILES string of the molecule is Cc1cccc(OCCNS(=O)(=O)c2cc(C)ccc2C)c1. The number of hydrogen-bond donors (Lipinski definition) is 1. The first-order valence-electron chi connectivity index (χ1n) is 7.15. The van der Waals surface area contributed by atoms with Gasteiger partial charge in [0, 0.05) is 6.54 Å². The summed E-state index contributed by atoms with van der Waals surface area (Å²) in [5, 5.41) is 0. The summed E-state index contributed by atoms with van der Waals surface area (Å²) in [6.07, 6.45) is 0. The summed E-state index contributed by atoms with van der Waals surface area (Å²) in [6.45, 7) is 6.16. The Morgan fingerprint density at radius 1 is 1.00 bits per heavy atom. The van der Waals surface area contributed by atoms with Gasteiger partial charge in [-0.15, -0.1) is 0 Å². The quantitative estimate of drug-likeness (QED) is 0.833. The van der Waals surface area contributed by atoms with Crippen LogP contribution in [0.4, 0.5) is 0 Å². The van der Waals surface area contributed by atoms with Crippen molar-refractivity contribution < 1.29 is 13.2 Å².